The van der Waals surface area contributed by atoms with E-state index in [1.165, 1.54) is 34.5 Å². The first-order chi connectivity index (χ1) is 16.0. The number of carbonyl (C=O) groups is 2. The maximum absolute atomic E-state index is 12.2. The van der Waals surface area contributed by atoms with Crippen molar-refractivity contribution >= 4 is 18.0 Å². The summed E-state index contributed by atoms with van der Waals surface area (Å²) in [7, 11) is 5.50. The van der Waals surface area contributed by atoms with Gasteiger partial charge in [0.2, 0.25) is 0 Å². The van der Waals surface area contributed by atoms with E-state index in [-0.39, 0.29) is 13.6 Å². The van der Waals surface area contributed by atoms with E-state index >= 15 is 0 Å². The van der Waals surface area contributed by atoms with Crippen molar-refractivity contribution in [3.8, 4) is 22.6 Å². The maximum Gasteiger partial charge on any atom is 0.323 e. The Morgan fingerprint density at radius 3 is 1.97 bits per heavy atom. The van der Waals surface area contributed by atoms with Gasteiger partial charge < -0.3 is 28.4 Å². The summed E-state index contributed by atoms with van der Waals surface area (Å²) >= 11 is 0. The van der Waals surface area contributed by atoms with Crippen LogP contribution in [0.2, 0.25) is 0 Å². The molecule has 0 aromatic heterocycles. The molecule has 0 atom stereocenters. The largest absolute Gasteiger partial charge is 0.468 e. The monoisotopic (exact) mass is 458 g/mol. The number of methoxy groups -OCH3 is 4. The van der Waals surface area contributed by atoms with Gasteiger partial charge in [-0.1, -0.05) is 49.4 Å². The summed E-state index contributed by atoms with van der Waals surface area (Å²) in [6.45, 7) is 2.04. The predicted octanol–water partition coefficient (Wildman–Crippen LogP) is 3.86. The van der Waals surface area contributed by atoms with Crippen molar-refractivity contribution < 1.29 is 38.0 Å². The molecule has 33 heavy (non-hydrogen) atoms. The maximum atomic E-state index is 12.2. The lowest BCUT2D eigenvalue weighted by molar-refractivity contribution is -0.156. The molecule has 0 amide bonds. The van der Waals surface area contributed by atoms with Gasteiger partial charge in [-0.15, -0.1) is 0 Å². The number of carbonyl (C=O) groups excluding carboxylic acids is 2. The number of rotatable bonds is 12. The van der Waals surface area contributed by atoms with Gasteiger partial charge in [0, 0.05) is 31.4 Å². The van der Waals surface area contributed by atoms with E-state index in [9.17, 15) is 9.59 Å². The summed E-state index contributed by atoms with van der Waals surface area (Å²) in [6.07, 6.45) is 3.75. The molecule has 2 aromatic carbocycles. The summed E-state index contributed by atoms with van der Waals surface area (Å²) in [5, 5.41) is 0. The molecule has 0 bridgehead atoms. The molecule has 0 spiro atoms. The van der Waals surface area contributed by atoms with E-state index in [1.807, 2.05) is 37.3 Å². The molecular weight excluding hydrogens is 428 g/mol. The third-order valence-corrected chi connectivity index (χ3v) is 4.85. The third-order valence-electron chi connectivity index (χ3n) is 4.85. The van der Waals surface area contributed by atoms with E-state index < -0.39 is 17.9 Å². The number of ether oxygens (including phenoxy) is 6. The highest BCUT2D eigenvalue weighted by Crippen LogP contribution is 2.42. The van der Waals surface area contributed by atoms with Crippen molar-refractivity contribution in [2.24, 2.45) is 5.92 Å². The third kappa shape index (κ3) is 6.57. The van der Waals surface area contributed by atoms with Crippen LogP contribution in [0.1, 0.15) is 18.1 Å². The first-order valence-corrected chi connectivity index (χ1v) is 10.3. The van der Waals surface area contributed by atoms with E-state index in [0.29, 0.717) is 17.9 Å². The minimum Gasteiger partial charge on any atom is -0.468 e. The van der Waals surface area contributed by atoms with Crippen LogP contribution in [0.4, 0.5) is 0 Å². The molecule has 8 heteroatoms. The quantitative estimate of drug-likeness (QED) is 0.269. The second-order valence-electron chi connectivity index (χ2n) is 6.84. The molecule has 0 aliphatic rings. The Bertz CT molecular complexity index is 937. The molecule has 0 heterocycles. The van der Waals surface area contributed by atoms with Gasteiger partial charge in [0.25, 0.3) is 0 Å². The van der Waals surface area contributed by atoms with Gasteiger partial charge in [-0.05, 0) is 17.5 Å². The van der Waals surface area contributed by atoms with Crippen molar-refractivity contribution in [3.63, 3.8) is 0 Å². The summed E-state index contributed by atoms with van der Waals surface area (Å²) < 4.78 is 31.4. The summed E-state index contributed by atoms with van der Waals surface area (Å²) in [5.74, 6) is -1.60. The fourth-order valence-electron chi connectivity index (χ4n) is 3.33. The van der Waals surface area contributed by atoms with Crippen LogP contribution in [-0.4, -0.2) is 54.0 Å². The number of esters is 2. The lowest BCUT2D eigenvalue weighted by Crippen LogP contribution is -2.24. The topological polar surface area (TPSA) is 89.5 Å². The molecule has 0 fully saturated rings. The predicted molar refractivity (Wildman–Crippen MR) is 123 cm³/mol. The van der Waals surface area contributed by atoms with Gasteiger partial charge in [-0.25, -0.2) is 0 Å². The van der Waals surface area contributed by atoms with Gasteiger partial charge in [-0.2, -0.15) is 0 Å². The van der Waals surface area contributed by atoms with Gasteiger partial charge in [0.05, 0.1) is 14.2 Å². The van der Waals surface area contributed by atoms with Crippen molar-refractivity contribution in [1.29, 1.82) is 0 Å². The molecule has 0 saturated heterocycles. The first kappa shape index (κ1) is 25.9. The van der Waals surface area contributed by atoms with Crippen LogP contribution in [0.25, 0.3) is 17.2 Å². The first-order valence-electron chi connectivity index (χ1n) is 10.3. The summed E-state index contributed by atoms with van der Waals surface area (Å²) in [5.41, 5.74) is 3.21. The van der Waals surface area contributed by atoms with Crippen LogP contribution in [0.5, 0.6) is 11.5 Å². The molecule has 0 N–H and O–H groups in total. The second-order valence-corrected chi connectivity index (χ2v) is 6.84. The van der Waals surface area contributed by atoms with Crippen molar-refractivity contribution in [1.82, 2.24) is 0 Å². The van der Waals surface area contributed by atoms with Crippen molar-refractivity contribution in [2.75, 3.05) is 42.0 Å². The average molecular weight is 459 g/mol. The fourth-order valence-corrected chi connectivity index (χ4v) is 3.33. The zero-order chi connectivity index (χ0) is 24.2. The van der Waals surface area contributed by atoms with E-state index in [0.717, 1.165) is 22.3 Å². The normalized spacial score (nSPS) is 11.0. The van der Waals surface area contributed by atoms with Gasteiger partial charge >= 0.3 is 11.9 Å². The highest BCUT2D eigenvalue weighted by molar-refractivity contribution is 5.98. The van der Waals surface area contributed by atoms with Crippen LogP contribution >= 0.6 is 0 Å². The van der Waals surface area contributed by atoms with E-state index in [2.05, 4.69) is 0 Å². The van der Waals surface area contributed by atoms with Crippen LogP contribution < -0.4 is 9.47 Å². The van der Waals surface area contributed by atoms with Crippen LogP contribution in [0, 0.1) is 5.92 Å². The second kappa shape index (κ2) is 13.2. The molecule has 0 radical (unpaired) electrons. The minimum atomic E-state index is -1.22. The molecule has 0 unspecified atom stereocenters. The Hall–Kier alpha value is -3.36. The molecular formula is C25H30O8. The Morgan fingerprint density at radius 2 is 1.45 bits per heavy atom. The SMILES string of the molecule is CCc1c(OCOC)cc(OCOC)c(-c2ccccc2)c1C=CC(C(=O)OC)C(=O)OC. The van der Waals surface area contributed by atoms with Crippen LogP contribution in [0.15, 0.2) is 42.5 Å². The minimum absolute atomic E-state index is 0.0190. The molecule has 2 rings (SSSR count). The molecule has 0 saturated carbocycles. The van der Waals surface area contributed by atoms with Crippen LogP contribution in [-0.2, 0) is 35.0 Å². The van der Waals surface area contributed by atoms with Gasteiger partial charge in [0.1, 0.15) is 11.5 Å². The van der Waals surface area contributed by atoms with Gasteiger partial charge in [0.15, 0.2) is 19.5 Å². The van der Waals surface area contributed by atoms with Crippen molar-refractivity contribution in [3.05, 3.63) is 53.6 Å². The molecule has 0 aliphatic heterocycles. The average Bonchev–Trinajstić information content (AvgIpc) is 2.85. The fraction of sp³-hybridized carbons (Fsp3) is 0.360. The number of hydrogen-bond donors (Lipinski definition) is 0. The number of hydrogen-bond acceptors (Lipinski definition) is 8. The zero-order valence-corrected chi connectivity index (χ0v) is 19.6. The Morgan fingerprint density at radius 1 is 0.879 bits per heavy atom. The van der Waals surface area contributed by atoms with Crippen molar-refractivity contribution in [2.45, 2.75) is 13.3 Å². The van der Waals surface area contributed by atoms with Crippen LogP contribution in [0.3, 0.4) is 0 Å². The standard InChI is InChI=1S/C25H30O8/c1-6-18-19(12-13-20(24(26)30-4)25(27)31-5)23(17-10-8-7-9-11-17)22(33-16-29-3)14-21(18)32-15-28-2/h7-14,20H,6,15-16H2,1-5H3. The highest BCUT2D eigenvalue weighted by Gasteiger charge is 2.27. The molecule has 8 nitrogen and oxygen atoms in total. The Kier molecular flexibility index (Phi) is 10.4. The molecule has 178 valence electrons. The lowest BCUT2D eigenvalue weighted by Gasteiger charge is -2.21. The molecule has 0 aliphatic carbocycles. The zero-order valence-electron chi connectivity index (χ0n) is 19.6. The Balaban J connectivity index is 2.79. The smallest absolute Gasteiger partial charge is 0.323 e. The highest BCUT2D eigenvalue weighted by atomic mass is 16.7. The number of benzene rings is 2. The summed E-state index contributed by atoms with van der Waals surface area (Å²) in [6, 6.07) is 11.4. The Labute approximate surface area is 194 Å². The van der Waals surface area contributed by atoms with E-state index in [1.54, 1.807) is 12.1 Å². The summed E-state index contributed by atoms with van der Waals surface area (Å²) in [4.78, 5) is 24.4. The van der Waals surface area contributed by atoms with Gasteiger partial charge in [-0.3, -0.25) is 9.59 Å². The van der Waals surface area contributed by atoms with E-state index in [4.69, 9.17) is 28.4 Å². The molecule has 2 aromatic rings. The lowest BCUT2D eigenvalue weighted by atomic mass is 9.91.